The number of benzene rings is 2. The number of fused-ring (bicyclic) bond motifs is 1. The number of carbonyl (C=O) groups is 1. The van der Waals surface area contributed by atoms with Gasteiger partial charge in [0.05, 0.1) is 5.52 Å². The van der Waals surface area contributed by atoms with Crippen LogP contribution in [0.2, 0.25) is 0 Å². The second-order valence-corrected chi connectivity index (χ2v) is 9.13. The van der Waals surface area contributed by atoms with E-state index in [1.807, 2.05) is 42.5 Å². The van der Waals surface area contributed by atoms with Crippen LogP contribution in [0, 0.1) is 6.92 Å². The number of aromatic nitrogens is 1. The van der Waals surface area contributed by atoms with E-state index in [0.29, 0.717) is 12.0 Å². The monoisotopic (exact) mass is 476 g/mol. The van der Waals surface area contributed by atoms with Gasteiger partial charge in [0.1, 0.15) is 17.5 Å². The lowest BCUT2D eigenvalue weighted by Gasteiger charge is -2.36. The number of ether oxygens (including phenoxy) is 1. The molecule has 0 saturated carbocycles. The van der Waals surface area contributed by atoms with Gasteiger partial charge in [-0.1, -0.05) is 12.1 Å². The summed E-state index contributed by atoms with van der Waals surface area (Å²) in [7, 11) is 4.31. The Balaban J connectivity index is 1.42. The predicted molar refractivity (Wildman–Crippen MR) is 144 cm³/mol. The lowest BCUT2D eigenvalue weighted by molar-refractivity contribution is -0.111. The number of amides is 1. The van der Waals surface area contributed by atoms with Crippen molar-refractivity contribution in [2.75, 3.05) is 43.3 Å². The highest BCUT2D eigenvalue weighted by molar-refractivity contribution is 7.80. The Kier molecular flexibility index (Phi) is 7.75. The molecule has 34 heavy (non-hydrogen) atoms. The highest BCUT2D eigenvalue weighted by atomic mass is 32.1. The van der Waals surface area contributed by atoms with Crippen molar-refractivity contribution in [2.24, 2.45) is 0 Å². The number of hydrogen-bond donors (Lipinski definition) is 2. The molecule has 2 heterocycles. The summed E-state index contributed by atoms with van der Waals surface area (Å²) >= 11 is 4.04. The summed E-state index contributed by atoms with van der Waals surface area (Å²) in [4.78, 5) is 22.1. The maximum Gasteiger partial charge on any atom is 0.248 e. The van der Waals surface area contributed by atoms with Crippen LogP contribution < -0.4 is 15.0 Å². The smallest absolute Gasteiger partial charge is 0.248 e. The quantitative estimate of drug-likeness (QED) is 0.286. The van der Waals surface area contributed by atoms with Gasteiger partial charge in [-0.2, -0.15) is 0 Å². The number of carbonyl (C=O) groups excluding carboxylic acids is 1. The zero-order chi connectivity index (χ0) is 24.1. The minimum atomic E-state index is -0.180. The third-order valence-electron chi connectivity index (χ3n) is 6.33. The van der Waals surface area contributed by atoms with E-state index in [1.165, 1.54) is 6.08 Å². The average molecular weight is 477 g/mol. The molecule has 3 aromatic rings. The normalized spacial score (nSPS) is 14.8. The third kappa shape index (κ3) is 5.90. The van der Waals surface area contributed by atoms with Crippen LogP contribution in [-0.4, -0.2) is 55.0 Å². The standard InChI is InChI=1S/C27H32N4O2S/c1-19-16-26(31-14-12-22(13-15-31)30(2)3)29-25-10-7-21(17-24(19)25)28-27(32)11-6-20-4-8-23(9-5-20)33-18-34/h4-11,16-17,22,34H,12-15,18H2,1-3H3,(H,28,32)/b11-6+. The Morgan fingerprint density at radius 3 is 2.59 bits per heavy atom. The molecular formula is C27H32N4O2S. The van der Waals surface area contributed by atoms with Crippen molar-refractivity contribution in [3.05, 3.63) is 65.7 Å². The molecule has 0 atom stereocenters. The van der Waals surface area contributed by atoms with Crippen molar-refractivity contribution >= 4 is 47.0 Å². The average Bonchev–Trinajstić information content (AvgIpc) is 2.84. The number of pyridine rings is 1. The molecule has 0 unspecified atom stereocenters. The molecule has 1 amide bonds. The highest BCUT2D eigenvalue weighted by Gasteiger charge is 2.22. The van der Waals surface area contributed by atoms with Crippen molar-refractivity contribution in [3.63, 3.8) is 0 Å². The van der Waals surface area contributed by atoms with Crippen molar-refractivity contribution in [1.29, 1.82) is 0 Å². The van der Waals surface area contributed by atoms with Gasteiger partial charge in [0.2, 0.25) is 5.91 Å². The Labute approximate surface area is 207 Å². The maximum atomic E-state index is 12.5. The number of hydrogen-bond acceptors (Lipinski definition) is 6. The van der Waals surface area contributed by atoms with Gasteiger partial charge in [0.15, 0.2) is 0 Å². The summed E-state index contributed by atoms with van der Waals surface area (Å²) in [5, 5.41) is 4.00. The number of aryl methyl sites for hydroxylation is 1. The lowest BCUT2D eigenvalue weighted by atomic mass is 10.0. The van der Waals surface area contributed by atoms with E-state index in [1.54, 1.807) is 6.08 Å². The van der Waals surface area contributed by atoms with Gasteiger partial charge in [0, 0.05) is 36.3 Å². The molecule has 1 N–H and O–H groups in total. The fraction of sp³-hybridized carbons (Fsp3) is 0.333. The molecule has 2 aromatic carbocycles. The van der Waals surface area contributed by atoms with Gasteiger partial charge >= 0.3 is 0 Å². The fourth-order valence-electron chi connectivity index (χ4n) is 4.33. The molecule has 6 nitrogen and oxygen atoms in total. The minimum Gasteiger partial charge on any atom is -0.483 e. The van der Waals surface area contributed by atoms with Crippen molar-refractivity contribution in [1.82, 2.24) is 9.88 Å². The molecule has 1 fully saturated rings. The fourth-order valence-corrected chi connectivity index (χ4v) is 4.48. The largest absolute Gasteiger partial charge is 0.483 e. The molecule has 1 aromatic heterocycles. The van der Waals surface area contributed by atoms with E-state index in [0.717, 1.165) is 65.2 Å². The van der Waals surface area contributed by atoms with Gasteiger partial charge in [-0.15, -0.1) is 12.6 Å². The van der Waals surface area contributed by atoms with E-state index in [9.17, 15) is 4.79 Å². The van der Waals surface area contributed by atoms with Gasteiger partial charge < -0.3 is 19.9 Å². The molecule has 178 valence electrons. The van der Waals surface area contributed by atoms with Crippen LogP contribution in [-0.2, 0) is 4.79 Å². The molecular weight excluding hydrogens is 444 g/mol. The van der Waals surface area contributed by atoms with Gasteiger partial charge in [-0.25, -0.2) is 4.98 Å². The Bertz CT molecular complexity index is 1170. The number of thiol groups is 1. The number of nitrogens with one attached hydrogen (secondary N) is 1. The molecule has 7 heteroatoms. The Morgan fingerprint density at radius 1 is 1.18 bits per heavy atom. The number of rotatable bonds is 7. The Morgan fingerprint density at radius 2 is 1.91 bits per heavy atom. The first-order valence-electron chi connectivity index (χ1n) is 11.6. The van der Waals surface area contributed by atoms with E-state index < -0.39 is 0 Å². The van der Waals surface area contributed by atoms with Crippen LogP contribution in [0.5, 0.6) is 5.75 Å². The molecule has 0 aliphatic carbocycles. The molecule has 0 bridgehead atoms. The van der Waals surface area contributed by atoms with E-state index in [2.05, 4.69) is 54.8 Å². The zero-order valence-electron chi connectivity index (χ0n) is 20.0. The topological polar surface area (TPSA) is 57.7 Å². The molecule has 0 spiro atoms. The minimum absolute atomic E-state index is 0.180. The van der Waals surface area contributed by atoms with Crippen LogP contribution in [0.25, 0.3) is 17.0 Å². The predicted octanol–water partition coefficient (Wildman–Crippen LogP) is 4.99. The van der Waals surface area contributed by atoms with E-state index in [4.69, 9.17) is 9.72 Å². The second-order valence-electron chi connectivity index (χ2n) is 8.88. The molecule has 4 rings (SSSR count). The van der Waals surface area contributed by atoms with Crippen LogP contribution >= 0.6 is 12.6 Å². The summed E-state index contributed by atoms with van der Waals surface area (Å²) in [6.45, 7) is 4.14. The van der Waals surface area contributed by atoms with Gasteiger partial charge in [-0.3, -0.25) is 4.79 Å². The van der Waals surface area contributed by atoms with E-state index >= 15 is 0 Å². The molecule has 1 saturated heterocycles. The molecule has 1 aliphatic rings. The zero-order valence-corrected chi connectivity index (χ0v) is 20.9. The van der Waals surface area contributed by atoms with Crippen molar-refractivity contribution in [3.8, 4) is 5.75 Å². The van der Waals surface area contributed by atoms with Crippen LogP contribution in [0.1, 0.15) is 24.0 Å². The first kappa shape index (κ1) is 24.1. The SMILES string of the molecule is Cc1cc(N2CCC(N(C)C)CC2)nc2ccc(NC(=O)/C=C/c3ccc(OCS)cc3)cc12. The summed E-state index contributed by atoms with van der Waals surface area (Å²) in [5.74, 6) is 1.93. The second kappa shape index (κ2) is 10.9. The highest BCUT2D eigenvalue weighted by Crippen LogP contribution is 2.27. The third-order valence-corrected chi connectivity index (χ3v) is 6.46. The summed E-state index contributed by atoms with van der Waals surface area (Å²) in [5.41, 5.74) is 3.78. The van der Waals surface area contributed by atoms with Crippen molar-refractivity contribution < 1.29 is 9.53 Å². The number of piperidine rings is 1. The van der Waals surface area contributed by atoms with Crippen molar-refractivity contribution in [2.45, 2.75) is 25.8 Å². The van der Waals surface area contributed by atoms with Gasteiger partial charge in [-0.05, 0) is 87.5 Å². The number of nitrogens with zero attached hydrogens (tertiary/aromatic N) is 3. The molecule has 1 aliphatic heterocycles. The lowest BCUT2D eigenvalue weighted by Crippen LogP contribution is -2.42. The first-order valence-corrected chi connectivity index (χ1v) is 12.2. The summed E-state index contributed by atoms with van der Waals surface area (Å²) in [6, 6.07) is 16.2. The van der Waals surface area contributed by atoms with Crippen LogP contribution in [0.4, 0.5) is 11.5 Å². The Hall–Kier alpha value is -3.03. The number of anilines is 2. The van der Waals surface area contributed by atoms with Gasteiger partial charge in [0.25, 0.3) is 0 Å². The first-order chi connectivity index (χ1) is 16.4. The van der Waals surface area contributed by atoms with E-state index in [-0.39, 0.29) is 5.91 Å². The van der Waals surface area contributed by atoms with Crippen LogP contribution in [0.15, 0.2) is 54.6 Å². The van der Waals surface area contributed by atoms with Crippen LogP contribution in [0.3, 0.4) is 0 Å². The maximum absolute atomic E-state index is 12.5. The summed E-state index contributed by atoms with van der Waals surface area (Å²) in [6.07, 6.45) is 5.61. The summed E-state index contributed by atoms with van der Waals surface area (Å²) < 4.78 is 5.32. The molecule has 0 radical (unpaired) electrons.